The molecule has 1 aliphatic heterocycles. The van der Waals surface area contributed by atoms with Gasteiger partial charge in [-0.3, -0.25) is 19.3 Å². The number of halogens is 1. The highest BCUT2D eigenvalue weighted by Crippen LogP contribution is 2.31. The maximum Gasteiger partial charge on any atom is 0.241 e. The lowest BCUT2D eigenvalue weighted by molar-refractivity contribution is -0.121. The van der Waals surface area contributed by atoms with Crippen LogP contribution in [-0.2, 0) is 14.4 Å². The van der Waals surface area contributed by atoms with Crippen molar-refractivity contribution in [2.24, 2.45) is 0 Å². The Morgan fingerprint density at radius 1 is 1.23 bits per heavy atom. The third kappa shape index (κ3) is 5.01. The number of nitrogens with one attached hydrogen (secondary N) is 2. The van der Waals surface area contributed by atoms with E-state index in [2.05, 4.69) is 10.6 Å². The van der Waals surface area contributed by atoms with Gasteiger partial charge in [0.1, 0.15) is 5.82 Å². The van der Waals surface area contributed by atoms with Crippen LogP contribution in [0.1, 0.15) is 18.9 Å². The molecular weight excluding hydrogens is 387 g/mol. The molecule has 1 heterocycles. The molecule has 2 aromatic rings. The highest BCUT2D eigenvalue weighted by molar-refractivity contribution is 6.05. The largest absolute Gasteiger partial charge is 0.325 e. The summed E-state index contributed by atoms with van der Waals surface area (Å²) in [4.78, 5) is 40.6. The molecule has 158 valence electrons. The fourth-order valence-electron chi connectivity index (χ4n) is 3.45. The molecule has 8 heteroatoms. The van der Waals surface area contributed by atoms with Crippen LogP contribution in [0, 0.1) is 12.7 Å². The number of carbonyl (C=O) groups excluding carboxylic acids is 3. The molecule has 2 aromatic carbocycles. The Morgan fingerprint density at radius 3 is 2.70 bits per heavy atom. The summed E-state index contributed by atoms with van der Waals surface area (Å²) in [6.45, 7) is 3.41. The first-order valence-electron chi connectivity index (χ1n) is 9.70. The molecule has 2 N–H and O–H groups in total. The minimum atomic E-state index is -0.395. The Morgan fingerprint density at radius 2 is 1.97 bits per heavy atom. The van der Waals surface area contributed by atoms with Crippen molar-refractivity contribution in [1.82, 2.24) is 4.90 Å². The van der Waals surface area contributed by atoms with E-state index in [9.17, 15) is 18.8 Å². The lowest BCUT2D eigenvalue weighted by Gasteiger charge is -2.29. The molecule has 0 radical (unpaired) electrons. The summed E-state index contributed by atoms with van der Waals surface area (Å²) in [5, 5.41) is 5.45. The van der Waals surface area contributed by atoms with Crippen molar-refractivity contribution in [3.8, 4) is 0 Å². The summed E-state index contributed by atoms with van der Waals surface area (Å²) in [6, 6.07) is 11.3. The number of carbonyl (C=O) groups is 3. The van der Waals surface area contributed by atoms with E-state index in [4.69, 9.17) is 0 Å². The molecule has 0 spiro atoms. The predicted octanol–water partition coefficient (Wildman–Crippen LogP) is 2.77. The van der Waals surface area contributed by atoms with Crippen molar-refractivity contribution < 1.29 is 18.8 Å². The molecule has 0 unspecified atom stereocenters. The Bertz CT molecular complexity index is 979. The minimum absolute atomic E-state index is 0.0114. The van der Waals surface area contributed by atoms with Gasteiger partial charge in [0.15, 0.2) is 0 Å². The van der Waals surface area contributed by atoms with Crippen molar-refractivity contribution in [2.75, 3.05) is 35.7 Å². The van der Waals surface area contributed by atoms with Gasteiger partial charge in [-0.25, -0.2) is 4.39 Å². The average molecular weight is 412 g/mol. The monoisotopic (exact) mass is 412 g/mol. The lowest BCUT2D eigenvalue weighted by atomic mass is 10.1. The zero-order valence-corrected chi connectivity index (χ0v) is 17.2. The molecule has 0 saturated heterocycles. The van der Waals surface area contributed by atoms with E-state index in [1.807, 2.05) is 6.92 Å². The van der Waals surface area contributed by atoms with Crippen molar-refractivity contribution in [2.45, 2.75) is 26.3 Å². The number of nitrogens with zero attached hydrogens (tertiary/aromatic N) is 2. The van der Waals surface area contributed by atoms with E-state index in [-0.39, 0.29) is 43.3 Å². The van der Waals surface area contributed by atoms with E-state index in [1.165, 1.54) is 6.07 Å². The van der Waals surface area contributed by atoms with Crippen LogP contribution in [0.5, 0.6) is 0 Å². The fraction of sp³-hybridized carbons (Fsp3) is 0.318. The number of hydrogen-bond acceptors (Lipinski definition) is 4. The SMILES string of the molecule is Cc1ccc(NC(=O)CN(C)CC(=O)N2c3ccccc3NC(=O)C[C@H]2C)cc1F. The molecule has 3 rings (SSSR count). The number of anilines is 3. The Labute approximate surface area is 174 Å². The summed E-state index contributed by atoms with van der Waals surface area (Å²) in [5.41, 5.74) is 2.08. The number of aryl methyl sites for hydroxylation is 1. The molecule has 1 aliphatic rings. The van der Waals surface area contributed by atoms with Gasteiger partial charge in [-0.05, 0) is 50.7 Å². The molecule has 0 saturated carbocycles. The van der Waals surface area contributed by atoms with Gasteiger partial charge in [0, 0.05) is 18.2 Å². The van der Waals surface area contributed by atoms with Gasteiger partial charge >= 0.3 is 0 Å². The first-order valence-corrected chi connectivity index (χ1v) is 9.70. The summed E-state index contributed by atoms with van der Waals surface area (Å²) >= 11 is 0. The standard InChI is InChI=1S/C22H25FN4O3/c1-14-8-9-16(11-17(14)23)24-21(29)12-26(3)13-22(30)27-15(2)10-20(28)25-18-6-4-5-7-19(18)27/h4-9,11,15H,10,12-13H2,1-3H3,(H,24,29)(H,25,28)/t15-/m1/s1. The number of fused-ring (bicyclic) bond motifs is 1. The van der Waals surface area contributed by atoms with Crippen molar-refractivity contribution in [3.05, 3.63) is 53.8 Å². The topological polar surface area (TPSA) is 81.8 Å². The number of hydrogen-bond donors (Lipinski definition) is 2. The van der Waals surface area contributed by atoms with Gasteiger partial charge in [0.25, 0.3) is 0 Å². The van der Waals surface area contributed by atoms with Crippen LogP contribution in [0.3, 0.4) is 0 Å². The van der Waals surface area contributed by atoms with E-state index in [1.54, 1.807) is 60.2 Å². The van der Waals surface area contributed by atoms with E-state index < -0.39 is 5.82 Å². The summed E-state index contributed by atoms with van der Waals surface area (Å²) in [5.74, 6) is -1.12. The number of likely N-dealkylation sites (N-methyl/N-ethyl adjacent to an activating group) is 1. The second-order valence-electron chi connectivity index (χ2n) is 7.57. The molecule has 7 nitrogen and oxygen atoms in total. The summed E-state index contributed by atoms with van der Waals surface area (Å²) < 4.78 is 13.6. The fourth-order valence-corrected chi connectivity index (χ4v) is 3.45. The lowest BCUT2D eigenvalue weighted by Crippen LogP contribution is -2.45. The molecule has 0 fully saturated rings. The summed E-state index contributed by atoms with van der Waals surface area (Å²) in [7, 11) is 1.66. The molecule has 3 amide bonds. The van der Waals surface area contributed by atoms with Crippen LogP contribution in [0.15, 0.2) is 42.5 Å². The summed E-state index contributed by atoms with van der Waals surface area (Å²) in [6.07, 6.45) is 0.184. The van der Waals surface area contributed by atoms with Crippen LogP contribution in [0.2, 0.25) is 0 Å². The highest BCUT2D eigenvalue weighted by atomic mass is 19.1. The molecule has 0 bridgehead atoms. The predicted molar refractivity (Wildman–Crippen MR) is 114 cm³/mol. The number of amides is 3. The highest BCUT2D eigenvalue weighted by Gasteiger charge is 2.30. The Balaban J connectivity index is 1.65. The van der Waals surface area contributed by atoms with E-state index in [0.29, 0.717) is 22.6 Å². The zero-order valence-electron chi connectivity index (χ0n) is 17.2. The van der Waals surface area contributed by atoms with Gasteiger partial charge in [-0.15, -0.1) is 0 Å². The van der Waals surface area contributed by atoms with Gasteiger partial charge in [-0.1, -0.05) is 18.2 Å². The van der Waals surface area contributed by atoms with Gasteiger partial charge in [0.05, 0.1) is 24.5 Å². The zero-order chi connectivity index (χ0) is 21.8. The molecular formula is C22H25FN4O3. The Kier molecular flexibility index (Phi) is 6.47. The van der Waals surface area contributed by atoms with Crippen molar-refractivity contribution in [1.29, 1.82) is 0 Å². The van der Waals surface area contributed by atoms with E-state index >= 15 is 0 Å². The van der Waals surface area contributed by atoms with Gasteiger partial charge < -0.3 is 15.5 Å². The molecule has 30 heavy (non-hydrogen) atoms. The normalized spacial score (nSPS) is 16.0. The molecule has 0 aromatic heterocycles. The smallest absolute Gasteiger partial charge is 0.241 e. The maximum absolute atomic E-state index is 13.6. The van der Waals surface area contributed by atoms with Crippen LogP contribution in [-0.4, -0.2) is 48.8 Å². The van der Waals surface area contributed by atoms with Crippen LogP contribution >= 0.6 is 0 Å². The second kappa shape index (κ2) is 9.04. The first kappa shape index (κ1) is 21.4. The minimum Gasteiger partial charge on any atom is -0.325 e. The van der Waals surface area contributed by atoms with E-state index in [0.717, 1.165) is 0 Å². The van der Waals surface area contributed by atoms with Crippen LogP contribution < -0.4 is 15.5 Å². The quantitative estimate of drug-likeness (QED) is 0.791. The first-order chi connectivity index (χ1) is 14.2. The van der Waals surface area contributed by atoms with Crippen LogP contribution in [0.4, 0.5) is 21.5 Å². The van der Waals surface area contributed by atoms with Crippen LogP contribution in [0.25, 0.3) is 0 Å². The maximum atomic E-state index is 13.6. The molecule has 0 aliphatic carbocycles. The number of rotatable bonds is 5. The Hall–Kier alpha value is -3.26. The third-order valence-corrected chi connectivity index (χ3v) is 4.90. The average Bonchev–Trinajstić information content (AvgIpc) is 2.78. The molecule has 1 atom stereocenters. The van der Waals surface area contributed by atoms with Crippen molar-refractivity contribution >= 4 is 34.8 Å². The van der Waals surface area contributed by atoms with Crippen molar-refractivity contribution in [3.63, 3.8) is 0 Å². The van der Waals surface area contributed by atoms with Gasteiger partial charge in [-0.2, -0.15) is 0 Å². The second-order valence-corrected chi connectivity index (χ2v) is 7.57. The number of benzene rings is 2. The number of para-hydroxylation sites is 2. The van der Waals surface area contributed by atoms with Gasteiger partial charge in [0.2, 0.25) is 17.7 Å². The third-order valence-electron chi connectivity index (χ3n) is 4.90.